The maximum Gasteiger partial charge on any atom is 0.229 e. The molecule has 0 fully saturated rings. The molecule has 0 spiro atoms. The van der Waals surface area contributed by atoms with Gasteiger partial charge in [0.2, 0.25) is 5.95 Å². The fourth-order valence-corrected chi connectivity index (χ4v) is 6.02. The molecular weight excluding hydrogens is 496 g/mol. The third-order valence-electron chi connectivity index (χ3n) is 6.85. The first kappa shape index (κ1) is 23.9. The summed E-state index contributed by atoms with van der Waals surface area (Å²) < 4.78 is 46.4. The largest absolute Gasteiger partial charge is 0.324 e. The number of pyridine rings is 1. The molecule has 3 aromatic heterocycles. The van der Waals surface area contributed by atoms with Crippen LogP contribution < -0.4 is 5.32 Å². The zero-order chi connectivity index (χ0) is 25.9. The maximum absolute atomic E-state index is 14.8. The molecule has 0 bridgehead atoms. The van der Waals surface area contributed by atoms with Crippen molar-refractivity contribution in [2.45, 2.75) is 31.7 Å². The van der Waals surface area contributed by atoms with Crippen molar-refractivity contribution in [3.05, 3.63) is 65.0 Å². The molecule has 0 saturated carbocycles. The van der Waals surface area contributed by atoms with Crippen molar-refractivity contribution in [3.8, 4) is 5.82 Å². The van der Waals surface area contributed by atoms with Gasteiger partial charge in [0.15, 0.2) is 23.1 Å². The maximum atomic E-state index is 14.8. The Morgan fingerprint density at radius 1 is 1.14 bits per heavy atom. The molecule has 37 heavy (non-hydrogen) atoms. The number of benzene rings is 1. The third-order valence-corrected chi connectivity index (χ3v) is 7.46. The fraction of sp³-hybridized carbons (Fsp3) is 0.346. The molecule has 0 saturated heterocycles. The summed E-state index contributed by atoms with van der Waals surface area (Å²) in [5, 5.41) is 3.50. The van der Waals surface area contributed by atoms with E-state index in [1.165, 1.54) is 71.1 Å². The summed E-state index contributed by atoms with van der Waals surface area (Å²) in [5.41, 5.74) is 5.35. The van der Waals surface area contributed by atoms with Gasteiger partial charge in [-0.3, -0.25) is 4.57 Å². The van der Waals surface area contributed by atoms with Crippen molar-refractivity contribution in [2.75, 3.05) is 31.4 Å². The van der Waals surface area contributed by atoms with Gasteiger partial charge < -0.3 is 10.2 Å². The minimum absolute atomic E-state index is 0.203. The predicted molar refractivity (Wildman–Crippen MR) is 140 cm³/mol. The third kappa shape index (κ3) is 4.57. The van der Waals surface area contributed by atoms with Crippen LogP contribution >= 0.6 is 0 Å². The highest BCUT2D eigenvalue weighted by Crippen LogP contribution is 2.40. The lowest BCUT2D eigenvalue weighted by atomic mass is 9.77. The Morgan fingerprint density at radius 3 is 2.76 bits per heavy atom. The number of aromatic nitrogens is 4. The quantitative estimate of drug-likeness (QED) is 0.402. The second-order valence-electron chi connectivity index (χ2n) is 10.1. The van der Waals surface area contributed by atoms with Gasteiger partial charge in [0.1, 0.15) is 5.82 Å². The van der Waals surface area contributed by atoms with Gasteiger partial charge in [-0.1, -0.05) is 0 Å². The lowest BCUT2D eigenvalue weighted by Crippen LogP contribution is -2.33. The summed E-state index contributed by atoms with van der Waals surface area (Å²) in [6, 6.07) is 6.89. The summed E-state index contributed by atoms with van der Waals surface area (Å²) in [4.78, 5) is 15.5. The predicted octanol–water partition coefficient (Wildman–Crippen LogP) is 5.06. The van der Waals surface area contributed by atoms with E-state index in [2.05, 4.69) is 48.7 Å². The van der Waals surface area contributed by atoms with Gasteiger partial charge in [-0.15, -0.1) is 0 Å². The number of anilines is 2. The minimum Gasteiger partial charge on any atom is -0.324 e. The number of nitrogens with one attached hydrogen (secondary N) is 1. The Labute approximate surface area is 213 Å². The molecule has 1 aliphatic carbocycles. The second kappa shape index (κ2) is 8.84. The van der Waals surface area contributed by atoms with Crippen LogP contribution in [-0.2, 0) is 22.7 Å². The van der Waals surface area contributed by atoms with Crippen LogP contribution in [0.4, 0.5) is 26.2 Å². The minimum atomic E-state index is -2.64. The van der Waals surface area contributed by atoms with E-state index >= 15 is 0 Å². The second-order valence-corrected chi connectivity index (χ2v) is 12.7. The highest BCUT2D eigenvalue weighted by molar-refractivity contribution is 7.92. The number of aryl methyl sites for hydroxylation is 1. The van der Waals surface area contributed by atoms with E-state index in [1.807, 2.05) is 0 Å². The molecule has 1 aromatic carbocycles. The van der Waals surface area contributed by atoms with Gasteiger partial charge in [0, 0.05) is 53.4 Å². The lowest BCUT2D eigenvalue weighted by molar-refractivity contribution is 0.266. The molecule has 0 radical (unpaired) electrons. The van der Waals surface area contributed by atoms with Crippen LogP contribution in [0.2, 0.25) is 0 Å². The standard InChI is InChI=1S/C26H27F2N7OS/c1-34-12-16-6-4-5-15-9-18(10-17(13-34)23(15)16)30-26-29-11-19-21(28)14-35(25(19)32-26)22-8-7-20(27)24(31-22)33-37(2,3)36/h7-11,14,16H,4-6,12-13H2,1-3H3,(H,29,30,32)/t16-/m1/s1. The zero-order valence-electron chi connectivity index (χ0n) is 20.8. The van der Waals surface area contributed by atoms with Crippen LogP contribution in [0, 0.1) is 11.6 Å². The molecule has 4 aromatic rings. The highest BCUT2D eigenvalue weighted by atomic mass is 32.2. The van der Waals surface area contributed by atoms with Crippen LogP contribution in [0.15, 0.2) is 41.0 Å². The van der Waals surface area contributed by atoms with Crippen molar-refractivity contribution in [1.29, 1.82) is 0 Å². The molecule has 1 aliphatic heterocycles. The van der Waals surface area contributed by atoms with Crippen molar-refractivity contribution >= 4 is 38.2 Å². The lowest BCUT2D eigenvalue weighted by Gasteiger charge is -2.37. The summed E-state index contributed by atoms with van der Waals surface area (Å²) in [7, 11) is -0.491. The first-order chi connectivity index (χ1) is 17.6. The van der Waals surface area contributed by atoms with E-state index in [1.54, 1.807) is 0 Å². The van der Waals surface area contributed by atoms with E-state index in [0.717, 1.165) is 25.2 Å². The summed E-state index contributed by atoms with van der Waals surface area (Å²) in [5.74, 6) is -0.443. The number of halogens is 2. The van der Waals surface area contributed by atoms with Gasteiger partial charge in [-0.25, -0.2) is 23.0 Å². The van der Waals surface area contributed by atoms with Crippen LogP contribution in [-0.4, -0.2) is 54.7 Å². The summed E-state index contributed by atoms with van der Waals surface area (Å²) in [6.07, 6.45) is 8.88. The van der Waals surface area contributed by atoms with Crippen molar-refractivity contribution in [3.63, 3.8) is 0 Å². The number of fused-ring (bicyclic) bond motifs is 1. The van der Waals surface area contributed by atoms with E-state index < -0.39 is 21.4 Å². The Kier molecular flexibility index (Phi) is 5.72. The Balaban J connectivity index is 1.40. The van der Waals surface area contributed by atoms with E-state index in [0.29, 0.717) is 11.9 Å². The molecule has 8 nitrogen and oxygen atoms in total. The normalized spacial score (nSPS) is 17.6. The van der Waals surface area contributed by atoms with Crippen molar-refractivity contribution in [2.24, 2.45) is 4.36 Å². The van der Waals surface area contributed by atoms with Crippen molar-refractivity contribution < 1.29 is 13.0 Å². The highest BCUT2D eigenvalue weighted by Gasteiger charge is 2.29. The Morgan fingerprint density at radius 2 is 1.95 bits per heavy atom. The Bertz CT molecular complexity index is 1670. The number of likely N-dealkylation sites (N-methyl/N-ethyl adjacent to an activating group) is 1. The number of nitrogens with zero attached hydrogens (tertiary/aromatic N) is 6. The summed E-state index contributed by atoms with van der Waals surface area (Å²) >= 11 is 0. The zero-order valence-corrected chi connectivity index (χ0v) is 21.6. The first-order valence-electron chi connectivity index (χ1n) is 12.1. The average Bonchev–Trinajstić information content (AvgIpc) is 3.15. The van der Waals surface area contributed by atoms with Gasteiger partial charge >= 0.3 is 0 Å². The topological polar surface area (TPSA) is 88.3 Å². The van der Waals surface area contributed by atoms with Gasteiger partial charge in [-0.05, 0) is 73.2 Å². The molecule has 1 atom stereocenters. The smallest absolute Gasteiger partial charge is 0.229 e. The van der Waals surface area contributed by atoms with Gasteiger partial charge in [-0.2, -0.15) is 9.35 Å². The fourth-order valence-electron chi connectivity index (χ4n) is 5.47. The molecular formula is C26H27F2N7OS. The molecule has 0 amide bonds. The van der Waals surface area contributed by atoms with Crippen LogP contribution in [0.5, 0.6) is 0 Å². The summed E-state index contributed by atoms with van der Waals surface area (Å²) in [6.45, 7) is 1.99. The SMILES string of the molecule is CN1Cc2cc(Nc3ncc4c(F)cn(-c5ccc(F)c(N=S(C)(C)=O)n5)c4n3)cc3c2[C@H](CCC3)C1. The molecule has 11 heteroatoms. The molecule has 0 unspecified atom stereocenters. The van der Waals surface area contributed by atoms with Gasteiger partial charge in [0.25, 0.3) is 0 Å². The van der Waals surface area contributed by atoms with E-state index in [4.69, 9.17) is 0 Å². The molecule has 4 heterocycles. The van der Waals surface area contributed by atoms with Crippen LogP contribution in [0.25, 0.3) is 16.9 Å². The van der Waals surface area contributed by atoms with Crippen LogP contribution in [0.3, 0.4) is 0 Å². The van der Waals surface area contributed by atoms with E-state index in [-0.39, 0.29) is 22.7 Å². The number of rotatable bonds is 4. The molecule has 1 N–H and O–H groups in total. The number of hydrogen-bond acceptors (Lipinski definition) is 7. The average molecular weight is 524 g/mol. The van der Waals surface area contributed by atoms with Crippen molar-refractivity contribution in [1.82, 2.24) is 24.4 Å². The molecule has 192 valence electrons. The number of hydrogen-bond donors (Lipinski definition) is 1. The van der Waals surface area contributed by atoms with Crippen LogP contribution in [0.1, 0.15) is 35.4 Å². The molecule has 2 aliphatic rings. The first-order valence-corrected chi connectivity index (χ1v) is 14.5. The monoisotopic (exact) mass is 523 g/mol. The van der Waals surface area contributed by atoms with Gasteiger partial charge in [0.05, 0.1) is 5.39 Å². The van der Waals surface area contributed by atoms with E-state index in [9.17, 15) is 13.0 Å². The molecule has 6 rings (SSSR count). The Hall–Kier alpha value is -3.44.